The SMILES string of the molecule is COC(CN)Cc1nc2ccncc2[nH]1. The maximum absolute atomic E-state index is 5.55. The van der Waals surface area contributed by atoms with Crippen LogP contribution >= 0.6 is 0 Å². The number of aromatic nitrogens is 3. The van der Waals surface area contributed by atoms with Crippen molar-refractivity contribution in [3.8, 4) is 0 Å². The van der Waals surface area contributed by atoms with Crippen molar-refractivity contribution in [1.29, 1.82) is 0 Å². The summed E-state index contributed by atoms with van der Waals surface area (Å²) >= 11 is 0. The first-order chi connectivity index (χ1) is 7.33. The lowest BCUT2D eigenvalue weighted by molar-refractivity contribution is 0.108. The van der Waals surface area contributed by atoms with E-state index in [-0.39, 0.29) is 6.10 Å². The Morgan fingerprint density at radius 1 is 1.60 bits per heavy atom. The van der Waals surface area contributed by atoms with Gasteiger partial charge in [0.2, 0.25) is 0 Å². The first-order valence-corrected chi connectivity index (χ1v) is 4.85. The summed E-state index contributed by atoms with van der Waals surface area (Å²) < 4.78 is 5.20. The zero-order valence-corrected chi connectivity index (χ0v) is 8.60. The molecule has 0 amide bonds. The zero-order chi connectivity index (χ0) is 10.7. The molecule has 1 unspecified atom stereocenters. The highest BCUT2D eigenvalue weighted by Gasteiger charge is 2.09. The minimum absolute atomic E-state index is 0.0125. The molecule has 0 aromatic carbocycles. The molecule has 3 N–H and O–H groups in total. The second kappa shape index (κ2) is 4.37. The van der Waals surface area contributed by atoms with Crippen LogP contribution in [0, 0.1) is 0 Å². The summed E-state index contributed by atoms with van der Waals surface area (Å²) in [5, 5.41) is 0. The lowest BCUT2D eigenvalue weighted by Crippen LogP contribution is -2.25. The first-order valence-electron chi connectivity index (χ1n) is 4.85. The van der Waals surface area contributed by atoms with Gasteiger partial charge in [-0.05, 0) is 6.07 Å². The fourth-order valence-electron chi connectivity index (χ4n) is 1.48. The number of nitrogens with zero attached hydrogens (tertiary/aromatic N) is 2. The number of nitrogens with two attached hydrogens (primary N) is 1. The van der Waals surface area contributed by atoms with Crippen LogP contribution < -0.4 is 5.73 Å². The molecule has 5 nitrogen and oxygen atoms in total. The molecule has 80 valence electrons. The van der Waals surface area contributed by atoms with Crippen LogP contribution in [0.25, 0.3) is 11.0 Å². The number of methoxy groups -OCH3 is 1. The number of hydrogen-bond acceptors (Lipinski definition) is 4. The van der Waals surface area contributed by atoms with Gasteiger partial charge in [-0.15, -0.1) is 0 Å². The standard InChI is InChI=1S/C10H14N4O/c1-15-7(5-11)4-10-13-8-2-3-12-6-9(8)14-10/h2-3,6-7H,4-5,11H2,1H3,(H,13,14). The number of rotatable bonds is 4. The first kappa shape index (κ1) is 10.1. The van der Waals surface area contributed by atoms with Gasteiger partial charge in [-0.2, -0.15) is 0 Å². The Morgan fingerprint density at radius 3 is 3.13 bits per heavy atom. The van der Waals surface area contributed by atoms with Gasteiger partial charge in [-0.25, -0.2) is 4.98 Å². The lowest BCUT2D eigenvalue weighted by atomic mass is 10.2. The molecule has 0 bridgehead atoms. The second-order valence-corrected chi connectivity index (χ2v) is 3.37. The monoisotopic (exact) mass is 206 g/mol. The summed E-state index contributed by atoms with van der Waals surface area (Å²) in [6.07, 6.45) is 4.19. The number of imidazole rings is 1. The summed E-state index contributed by atoms with van der Waals surface area (Å²) in [4.78, 5) is 11.6. The molecule has 0 aliphatic heterocycles. The normalized spacial score (nSPS) is 13.2. The van der Waals surface area contributed by atoms with Crippen LogP contribution in [0.3, 0.4) is 0 Å². The van der Waals surface area contributed by atoms with Gasteiger partial charge in [0.1, 0.15) is 5.82 Å². The van der Waals surface area contributed by atoms with E-state index in [0.717, 1.165) is 16.9 Å². The molecule has 0 spiro atoms. The number of pyridine rings is 1. The van der Waals surface area contributed by atoms with Crippen LogP contribution in [0.2, 0.25) is 0 Å². The van der Waals surface area contributed by atoms with E-state index >= 15 is 0 Å². The quantitative estimate of drug-likeness (QED) is 0.762. The molecule has 0 saturated carbocycles. The fraction of sp³-hybridized carbons (Fsp3) is 0.400. The average molecular weight is 206 g/mol. The van der Waals surface area contributed by atoms with Gasteiger partial charge in [0.05, 0.1) is 23.3 Å². The molecule has 0 aliphatic carbocycles. The van der Waals surface area contributed by atoms with Crippen molar-refractivity contribution in [1.82, 2.24) is 15.0 Å². The molecule has 0 radical (unpaired) electrons. The Labute approximate surface area is 87.7 Å². The number of nitrogens with one attached hydrogen (secondary N) is 1. The minimum Gasteiger partial charge on any atom is -0.380 e. The second-order valence-electron chi connectivity index (χ2n) is 3.37. The molecule has 2 heterocycles. The number of fused-ring (bicyclic) bond motifs is 1. The summed E-state index contributed by atoms with van der Waals surface area (Å²) in [6, 6.07) is 1.87. The van der Waals surface area contributed by atoms with Crippen molar-refractivity contribution in [2.45, 2.75) is 12.5 Å². The van der Waals surface area contributed by atoms with Crippen molar-refractivity contribution < 1.29 is 4.74 Å². The van der Waals surface area contributed by atoms with Gasteiger partial charge >= 0.3 is 0 Å². The average Bonchev–Trinajstić information content (AvgIpc) is 2.68. The van der Waals surface area contributed by atoms with E-state index in [2.05, 4.69) is 15.0 Å². The van der Waals surface area contributed by atoms with Crippen molar-refractivity contribution >= 4 is 11.0 Å². The van der Waals surface area contributed by atoms with Crippen LogP contribution in [-0.4, -0.2) is 34.7 Å². The molecule has 5 heteroatoms. The van der Waals surface area contributed by atoms with Crippen molar-refractivity contribution in [3.63, 3.8) is 0 Å². The van der Waals surface area contributed by atoms with Crippen LogP contribution in [0.15, 0.2) is 18.5 Å². The fourth-order valence-corrected chi connectivity index (χ4v) is 1.48. The van der Waals surface area contributed by atoms with Crippen LogP contribution in [0.1, 0.15) is 5.82 Å². The predicted octanol–water partition coefficient (Wildman–Crippen LogP) is 0.474. The largest absolute Gasteiger partial charge is 0.380 e. The third-order valence-electron chi connectivity index (χ3n) is 2.35. The minimum atomic E-state index is 0.0125. The van der Waals surface area contributed by atoms with E-state index in [1.165, 1.54) is 0 Å². The Morgan fingerprint density at radius 2 is 2.47 bits per heavy atom. The molecule has 15 heavy (non-hydrogen) atoms. The summed E-state index contributed by atoms with van der Waals surface area (Å²) in [6.45, 7) is 0.492. The van der Waals surface area contributed by atoms with E-state index in [1.807, 2.05) is 6.07 Å². The predicted molar refractivity (Wildman–Crippen MR) is 57.4 cm³/mol. The third kappa shape index (κ3) is 2.14. The molecule has 2 aromatic rings. The lowest BCUT2D eigenvalue weighted by Gasteiger charge is -2.09. The Hall–Kier alpha value is -1.46. The maximum Gasteiger partial charge on any atom is 0.109 e. The zero-order valence-electron chi connectivity index (χ0n) is 8.60. The Kier molecular flexibility index (Phi) is 2.94. The van der Waals surface area contributed by atoms with Gasteiger partial charge in [0.25, 0.3) is 0 Å². The highest BCUT2D eigenvalue weighted by Crippen LogP contribution is 2.10. The van der Waals surface area contributed by atoms with Crippen LogP contribution in [0.5, 0.6) is 0 Å². The van der Waals surface area contributed by atoms with Crippen molar-refractivity contribution in [3.05, 3.63) is 24.3 Å². The van der Waals surface area contributed by atoms with E-state index < -0.39 is 0 Å². The molecule has 2 rings (SSSR count). The summed E-state index contributed by atoms with van der Waals surface area (Å²) in [7, 11) is 1.65. The molecule has 0 aliphatic rings. The number of H-pyrrole nitrogens is 1. The molecule has 1 atom stereocenters. The van der Waals surface area contributed by atoms with Gasteiger partial charge in [-0.3, -0.25) is 4.98 Å². The van der Waals surface area contributed by atoms with Crippen molar-refractivity contribution in [2.24, 2.45) is 5.73 Å². The number of aromatic amines is 1. The Bertz CT molecular complexity index is 403. The molecular weight excluding hydrogens is 192 g/mol. The van der Waals surface area contributed by atoms with E-state index in [1.54, 1.807) is 19.5 Å². The maximum atomic E-state index is 5.55. The highest BCUT2D eigenvalue weighted by molar-refractivity contribution is 5.73. The third-order valence-corrected chi connectivity index (χ3v) is 2.35. The van der Waals surface area contributed by atoms with E-state index in [9.17, 15) is 0 Å². The van der Waals surface area contributed by atoms with Crippen molar-refractivity contribution in [2.75, 3.05) is 13.7 Å². The van der Waals surface area contributed by atoms with Crippen LogP contribution in [-0.2, 0) is 11.2 Å². The molecular formula is C10H14N4O. The highest BCUT2D eigenvalue weighted by atomic mass is 16.5. The van der Waals surface area contributed by atoms with Gasteiger partial charge < -0.3 is 15.5 Å². The number of ether oxygens (including phenoxy) is 1. The van der Waals surface area contributed by atoms with E-state index in [4.69, 9.17) is 10.5 Å². The summed E-state index contributed by atoms with van der Waals surface area (Å²) in [5.74, 6) is 0.885. The summed E-state index contributed by atoms with van der Waals surface area (Å²) in [5.41, 5.74) is 7.41. The van der Waals surface area contributed by atoms with Gasteiger partial charge in [0, 0.05) is 26.3 Å². The van der Waals surface area contributed by atoms with E-state index in [0.29, 0.717) is 13.0 Å². The Balaban J connectivity index is 2.21. The number of hydrogen-bond donors (Lipinski definition) is 2. The smallest absolute Gasteiger partial charge is 0.109 e. The van der Waals surface area contributed by atoms with Gasteiger partial charge in [-0.1, -0.05) is 0 Å². The molecule has 2 aromatic heterocycles. The molecule has 0 fully saturated rings. The molecule has 0 saturated heterocycles. The van der Waals surface area contributed by atoms with Crippen LogP contribution in [0.4, 0.5) is 0 Å². The van der Waals surface area contributed by atoms with Gasteiger partial charge in [0.15, 0.2) is 0 Å². The topological polar surface area (TPSA) is 76.8 Å².